The van der Waals surface area contributed by atoms with E-state index in [9.17, 15) is 18.0 Å². The van der Waals surface area contributed by atoms with Crippen LogP contribution in [0.15, 0.2) is 50.9 Å². The second kappa shape index (κ2) is 8.06. The van der Waals surface area contributed by atoms with Gasteiger partial charge < -0.3 is 15.0 Å². The lowest BCUT2D eigenvalue weighted by Gasteiger charge is -2.31. The SMILES string of the molecule is C=C(C)OC(=O)NC1CCN(S(=O)(=O)c2c[nH]c(=O)c3ccc(Br)cc23)CC1. The van der Waals surface area contributed by atoms with Crippen LogP contribution in [0.2, 0.25) is 0 Å². The summed E-state index contributed by atoms with van der Waals surface area (Å²) in [4.78, 5) is 26.3. The van der Waals surface area contributed by atoms with Gasteiger partial charge in [-0.25, -0.2) is 13.2 Å². The standard InChI is InChI=1S/C18H20BrN3O5S/c1-11(2)27-18(24)21-13-5-7-22(8-6-13)28(25,26)16-10-20-17(23)14-4-3-12(19)9-15(14)16/h3-4,9-10,13H,1,5-8H2,2H3,(H,20,23)(H,21,24). The fraction of sp³-hybridized carbons (Fsp3) is 0.333. The Morgan fingerprint density at radius 1 is 1.32 bits per heavy atom. The van der Waals surface area contributed by atoms with E-state index in [1.165, 1.54) is 10.5 Å². The first-order valence-corrected chi connectivity index (χ1v) is 10.9. The third-order valence-corrected chi connectivity index (χ3v) is 6.92. The molecule has 0 spiro atoms. The van der Waals surface area contributed by atoms with Gasteiger partial charge in [0.1, 0.15) is 4.90 Å². The van der Waals surface area contributed by atoms with Crippen LogP contribution >= 0.6 is 15.9 Å². The summed E-state index contributed by atoms with van der Waals surface area (Å²) in [5, 5.41) is 3.38. The quantitative estimate of drug-likeness (QED) is 0.669. The zero-order valence-corrected chi connectivity index (χ0v) is 17.6. The van der Waals surface area contributed by atoms with Crippen molar-refractivity contribution in [2.45, 2.75) is 30.7 Å². The number of allylic oxidation sites excluding steroid dienone is 1. The zero-order chi connectivity index (χ0) is 20.5. The maximum atomic E-state index is 13.2. The molecule has 0 radical (unpaired) electrons. The molecule has 1 amide bonds. The van der Waals surface area contributed by atoms with Crippen molar-refractivity contribution in [2.75, 3.05) is 13.1 Å². The van der Waals surface area contributed by atoms with Gasteiger partial charge in [-0.1, -0.05) is 22.5 Å². The Balaban J connectivity index is 1.80. The molecule has 2 heterocycles. The molecule has 2 N–H and O–H groups in total. The van der Waals surface area contributed by atoms with Gasteiger partial charge in [0.05, 0.1) is 5.76 Å². The van der Waals surface area contributed by atoms with Gasteiger partial charge in [-0.2, -0.15) is 4.31 Å². The minimum absolute atomic E-state index is 0.0523. The van der Waals surface area contributed by atoms with Crippen LogP contribution in [0.25, 0.3) is 10.8 Å². The molecule has 1 aromatic carbocycles. The van der Waals surface area contributed by atoms with Crippen LogP contribution < -0.4 is 10.9 Å². The third kappa shape index (κ3) is 4.29. The number of amides is 1. The first kappa shape index (κ1) is 20.6. The van der Waals surface area contributed by atoms with Gasteiger partial charge in [-0.3, -0.25) is 4.79 Å². The Labute approximate surface area is 170 Å². The fourth-order valence-corrected chi connectivity index (χ4v) is 5.14. The number of aromatic nitrogens is 1. The molecule has 150 valence electrons. The number of sulfonamides is 1. The van der Waals surface area contributed by atoms with E-state index < -0.39 is 16.1 Å². The first-order valence-electron chi connectivity index (χ1n) is 8.63. The highest BCUT2D eigenvalue weighted by atomic mass is 79.9. The molecule has 0 unspecified atom stereocenters. The van der Waals surface area contributed by atoms with E-state index in [1.807, 2.05) is 0 Å². The number of benzene rings is 1. The van der Waals surface area contributed by atoms with Crippen LogP contribution in [-0.4, -0.2) is 42.9 Å². The highest BCUT2D eigenvalue weighted by Crippen LogP contribution is 2.27. The van der Waals surface area contributed by atoms with E-state index in [0.717, 1.165) is 0 Å². The average Bonchev–Trinajstić information content (AvgIpc) is 2.61. The number of halogens is 1. The van der Waals surface area contributed by atoms with Crippen molar-refractivity contribution in [1.29, 1.82) is 0 Å². The lowest BCUT2D eigenvalue weighted by atomic mass is 10.1. The van der Waals surface area contributed by atoms with Crippen molar-refractivity contribution >= 4 is 42.8 Å². The molecule has 28 heavy (non-hydrogen) atoms. The highest BCUT2D eigenvalue weighted by molar-refractivity contribution is 9.10. The van der Waals surface area contributed by atoms with Crippen LogP contribution in [0.1, 0.15) is 19.8 Å². The minimum atomic E-state index is -3.81. The van der Waals surface area contributed by atoms with Crippen molar-refractivity contribution in [3.8, 4) is 0 Å². The lowest BCUT2D eigenvalue weighted by Crippen LogP contribution is -2.46. The average molecular weight is 470 g/mol. The third-order valence-electron chi connectivity index (χ3n) is 4.49. The van der Waals surface area contributed by atoms with Gasteiger partial charge in [-0.15, -0.1) is 0 Å². The second-order valence-corrected chi connectivity index (χ2v) is 9.41. The maximum absolute atomic E-state index is 13.2. The number of piperidine rings is 1. The van der Waals surface area contributed by atoms with Gasteiger partial charge in [0.2, 0.25) is 10.0 Å². The van der Waals surface area contributed by atoms with Crippen LogP contribution in [0.4, 0.5) is 4.79 Å². The molecular weight excluding hydrogens is 450 g/mol. The molecule has 1 aromatic heterocycles. The van der Waals surface area contributed by atoms with Gasteiger partial charge in [-0.05, 0) is 38.0 Å². The van der Waals surface area contributed by atoms with E-state index in [0.29, 0.717) is 28.1 Å². The number of alkyl carbamates (subject to hydrolysis) is 1. The van der Waals surface area contributed by atoms with Gasteiger partial charge >= 0.3 is 6.09 Å². The molecule has 0 aliphatic carbocycles. The van der Waals surface area contributed by atoms with Crippen molar-refractivity contribution in [3.63, 3.8) is 0 Å². The van der Waals surface area contributed by atoms with Crippen LogP contribution in [0.5, 0.6) is 0 Å². The lowest BCUT2D eigenvalue weighted by molar-refractivity contribution is 0.166. The summed E-state index contributed by atoms with van der Waals surface area (Å²) >= 11 is 3.32. The highest BCUT2D eigenvalue weighted by Gasteiger charge is 2.31. The summed E-state index contributed by atoms with van der Waals surface area (Å²) in [6.07, 6.45) is 1.55. The number of ether oxygens (including phenoxy) is 1. The topological polar surface area (TPSA) is 109 Å². The number of H-pyrrole nitrogens is 1. The van der Waals surface area contributed by atoms with Crippen molar-refractivity contribution < 1.29 is 17.9 Å². The zero-order valence-electron chi connectivity index (χ0n) is 15.2. The smallest absolute Gasteiger partial charge is 0.412 e. The molecule has 10 heteroatoms. The molecule has 8 nitrogen and oxygen atoms in total. The minimum Gasteiger partial charge on any atom is -0.416 e. The summed E-state index contributed by atoms with van der Waals surface area (Å²) in [5.41, 5.74) is -0.347. The summed E-state index contributed by atoms with van der Waals surface area (Å²) < 4.78 is 33.2. The number of nitrogens with zero attached hydrogens (tertiary/aromatic N) is 1. The molecule has 0 atom stereocenters. The predicted octanol–water partition coefficient (Wildman–Crippen LogP) is 2.70. The predicted molar refractivity (Wildman–Crippen MR) is 108 cm³/mol. The molecule has 3 rings (SSSR count). The Bertz CT molecular complexity index is 1090. The molecule has 0 bridgehead atoms. The Morgan fingerprint density at radius 2 is 2.00 bits per heavy atom. The Morgan fingerprint density at radius 3 is 2.64 bits per heavy atom. The second-order valence-electron chi connectivity index (χ2n) is 6.59. The van der Waals surface area contributed by atoms with Gasteiger partial charge in [0.25, 0.3) is 5.56 Å². The molecule has 1 saturated heterocycles. The molecular formula is C18H20BrN3O5S. The number of pyridine rings is 1. The monoisotopic (exact) mass is 469 g/mol. The van der Waals surface area contributed by atoms with Crippen LogP contribution in [0, 0.1) is 0 Å². The molecule has 2 aromatic rings. The van der Waals surface area contributed by atoms with Gasteiger partial charge in [0, 0.05) is 40.6 Å². The van der Waals surface area contributed by atoms with Crippen LogP contribution in [-0.2, 0) is 14.8 Å². The van der Waals surface area contributed by atoms with Crippen molar-refractivity contribution in [1.82, 2.24) is 14.6 Å². The summed E-state index contributed by atoms with van der Waals surface area (Å²) in [7, 11) is -3.81. The molecule has 0 saturated carbocycles. The van der Waals surface area contributed by atoms with E-state index in [-0.39, 0.29) is 35.3 Å². The summed E-state index contributed by atoms with van der Waals surface area (Å²) in [6.45, 7) is 5.57. The fourth-order valence-electron chi connectivity index (χ4n) is 3.15. The van der Waals surface area contributed by atoms with Crippen molar-refractivity contribution in [3.05, 3.63) is 51.6 Å². The number of rotatable bonds is 4. The first-order chi connectivity index (χ1) is 13.2. The Kier molecular flexibility index (Phi) is 5.92. The number of carbonyl (C=O) groups excluding carboxylic acids is 1. The van der Waals surface area contributed by atoms with E-state index in [2.05, 4.69) is 32.8 Å². The number of aromatic amines is 1. The van der Waals surface area contributed by atoms with E-state index >= 15 is 0 Å². The number of hydrogen-bond acceptors (Lipinski definition) is 5. The number of hydrogen-bond donors (Lipinski definition) is 2. The van der Waals surface area contributed by atoms with Crippen LogP contribution in [0.3, 0.4) is 0 Å². The molecule has 1 aliphatic heterocycles. The van der Waals surface area contributed by atoms with Gasteiger partial charge in [0.15, 0.2) is 0 Å². The normalized spacial score (nSPS) is 16.1. The maximum Gasteiger partial charge on any atom is 0.412 e. The summed E-state index contributed by atoms with van der Waals surface area (Å²) in [5.74, 6) is 0.286. The number of nitrogens with one attached hydrogen (secondary N) is 2. The largest absolute Gasteiger partial charge is 0.416 e. The molecule has 1 aliphatic rings. The number of carbonyl (C=O) groups is 1. The van der Waals surface area contributed by atoms with E-state index in [4.69, 9.17) is 4.74 Å². The molecule has 1 fully saturated rings. The Hall–Kier alpha value is -2.17. The number of fused-ring (bicyclic) bond motifs is 1. The van der Waals surface area contributed by atoms with Crippen molar-refractivity contribution in [2.24, 2.45) is 0 Å². The summed E-state index contributed by atoms with van der Waals surface area (Å²) in [6, 6.07) is 4.72. The van der Waals surface area contributed by atoms with E-state index in [1.54, 1.807) is 25.1 Å².